The van der Waals surface area contributed by atoms with Gasteiger partial charge < -0.3 is 9.47 Å². The number of rotatable bonds is 7. The first-order valence-corrected chi connectivity index (χ1v) is 9.81. The van der Waals surface area contributed by atoms with Crippen LogP contribution in [0.4, 0.5) is 0 Å². The molecule has 1 fully saturated rings. The second-order valence-electron chi connectivity index (χ2n) is 7.25. The maximum Gasteiger partial charge on any atom is 0.0772 e. The van der Waals surface area contributed by atoms with Gasteiger partial charge in [-0.3, -0.25) is 0 Å². The average molecular weight is 369 g/mol. The van der Waals surface area contributed by atoms with Crippen molar-refractivity contribution in [2.45, 2.75) is 62.4 Å². The molecule has 0 aliphatic carbocycles. The van der Waals surface area contributed by atoms with Crippen molar-refractivity contribution in [1.29, 1.82) is 0 Å². The molecule has 3 atom stereocenters. The molecule has 1 aliphatic rings. The molecule has 1 aliphatic heterocycles. The Morgan fingerprint density at radius 3 is 2.67 bits per heavy atom. The van der Waals surface area contributed by atoms with Crippen LogP contribution in [0.2, 0.25) is 5.02 Å². The molecule has 24 heavy (non-hydrogen) atoms. The van der Waals surface area contributed by atoms with Crippen molar-refractivity contribution in [3.63, 3.8) is 0 Å². The molecule has 2 nitrogen and oxygen atoms in total. The van der Waals surface area contributed by atoms with Crippen molar-refractivity contribution in [2.24, 2.45) is 5.41 Å². The van der Waals surface area contributed by atoms with E-state index in [-0.39, 0.29) is 17.6 Å². The third kappa shape index (κ3) is 5.01. The molecule has 0 unspecified atom stereocenters. The molecule has 134 valence electrons. The van der Waals surface area contributed by atoms with Gasteiger partial charge in [0.15, 0.2) is 0 Å². The van der Waals surface area contributed by atoms with E-state index in [0.717, 1.165) is 36.5 Å². The van der Waals surface area contributed by atoms with Gasteiger partial charge in [0, 0.05) is 34.3 Å². The van der Waals surface area contributed by atoms with Crippen LogP contribution in [0.25, 0.3) is 0 Å². The zero-order valence-electron chi connectivity index (χ0n) is 15.2. The van der Waals surface area contributed by atoms with E-state index >= 15 is 0 Å². The topological polar surface area (TPSA) is 18.5 Å². The van der Waals surface area contributed by atoms with E-state index in [0.29, 0.717) is 5.25 Å². The highest BCUT2D eigenvalue weighted by Gasteiger charge is 2.44. The van der Waals surface area contributed by atoms with Gasteiger partial charge in [0.05, 0.1) is 12.2 Å². The minimum absolute atomic E-state index is 0.0851. The Labute approximate surface area is 155 Å². The summed E-state index contributed by atoms with van der Waals surface area (Å²) in [6.07, 6.45) is 3.38. The van der Waals surface area contributed by atoms with Crippen molar-refractivity contribution in [2.75, 3.05) is 13.7 Å². The van der Waals surface area contributed by atoms with Gasteiger partial charge in [0.25, 0.3) is 0 Å². The minimum Gasteiger partial charge on any atom is -0.380 e. The molecule has 0 spiro atoms. The van der Waals surface area contributed by atoms with Crippen molar-refractivity contribution in [3.8, 4) is 0 Å². The fraction of sp³-hybridized carbons (Fsp3) is 0.600. The van der Waals surface area contributed by atoms with Crippen molar-refractivity contribution in [1.82, 2.24) is 0 Å². The van der Waals surface area contributed by atoms with Gasteiger partial charge in [-0.05, 0) is 50.5 Å². The van der Waals surface area contributed by atoms with Gasteiger partial charge in [-0.1, -0.05) is 31.0 Å². The Morgan fingerprint density at radius 1 is 1.42 bits per heavy atom. The fourth-order valence-corrected chi connectivity index (χ4v) is 5.01. The maximum atomic E-state index is 6.26. The third-order valence-corrected chi connectivity index (χ3v) is 6.33. The zero-order valence-corrected chi connectivity index (χ0v) is 16.8. The molecule has 0 bridgehead atoms. The van der Waals surface area contributed by atoms with Crippen molar-refractivity contribution < 1.29 is 9.47 Å². The predicted octanol–water partition coefficient (Wildman–Crippen LogP) is 5.99. The Balaban J connectivity index is 2.17. The maximum absolute atomic E-state index is 6.26. The van der Waals surface area contributed by atoms with E-state index in [1.54, 1.807) is 7.11 Å². The van der Waals surface area contributed by atoms with E-state index < -0.39 is 0 Å². The van der Waals surface area contributed by atoms with Crippen LogP contribution in [0.3, 0.4) is 0 Å². The summed E-state index contributed by atoms with van der Waals surface area (Å²) in [6.45, 7) is 11.5. The molecule has 1 heterocycles. The first-order chi connectivity index (χ1) is 11.3. The lowest BCUT2D eigenvalue weighted by Gasteiger charge is -2.45. The Hall–Kier alpha value is -0.480. The summed E-state index contributed by atoms with van der Waals surface area (Å²) in [4.78, 5) is 1.24. The Bertz CT molecular complexity index is 541. The summed E-state index contributed by atoms with van der Waals surface area (Å²) in [7, 11) is 1.79. The first-order valence-electron chi connectivity index (χ1n) is 8.55. The number of ether oxygens (including phenoxy) is 2. The van der Waals surface area contributed by atoms with Gasteiger partial charge in [0.2, 0.25) is 0 Å². The standard InChI is InChI=1S/C20H29ClO2S/c1-14(2)13-18(22-5)20(3,4)19-17(7-6-12-23-19)24-16-10-8-15(21)9-11-16/h8-11,17-19H,1,6-7,12-13H2,2-5H3/t17-,18-,19-/m1/s1. The second kappa shape index (κ2) is 8.75. The molecule has 1 aromatic rings. The van der Waals surface area contributed by atoms with E-state index in [1.807, 2.05) is 23.9 Å². The zero-order chi connectivity index (χ0) is 17.7. The highest BCUT2D eigenvalue weighted by molar-refractivity contribution is 8.00. The predicted molar refractivity (Wildman–Crippen MR) is 104 cm³/mol. The van der Waals surface area contributed by atoms with Crippen LogP contribution in [-0.4, -0.2) is 31.2 Å². The summed E-state index contributed by atoms with van der Waals surface area (Å²) >= 11 is 7.90. The molecular weight excluding hydrogens is 340 g/mol. The molecule has 1 saturated heterocycles. The number of hydrogen-bond donors (Lipinski definition) is 0. The first kappa shape index (κ1) is 19.8. The number of benzene rings is 1. The summed E-state index contributed by atoms with van der Waals surface area (Å²) in [5, 5.41) is 1.19. The van der Waals surface area contributed by atoms with Crippen molar-refractivity contribution >= 4 is 23.4 Å². The van der Waals surface area contributed by atoms with Gasteiger partial charge >= 0.3 is 0 Å². The van der Waals surface area contributed by atoms with Gasteiger partial charge in [0.1, 0.15) is 0 Å². The summed E-state index contributed by atoms with van der Waals surface area (Å²) < 4.78 is 12.1. The number of thioether (sulfide) groups is 1. The summed E-state index contributed by atoms with van der Waals surface area (Å²) in [6, 6.07) is 8.08. The van der Waals surface area contributed by atoms with E-state index in [9.17, 15) is 0 Å². The molecular formula is C20H29ClO2S. The van der Waals surface area contributed by atoms with E-state index in [1.165, 1.54) is 4.90 Å². The molecule has 0 N–H and O–H groups in total. The molecule has 4 heteroatoms. The van der Waals surface area contributed by atoms with Crippen LogP contribution in [0.1, 0.15) is 40.0 Å². The average Bonchev–Trinajstić information content (AvgIpc) is 2.55. The highest BCUT2D eigenvalue weighted by Crippen LogP contribution is 2.43. The van der Waals surface area contributed by atoms with Gasteiger partial charge in [-0.2, -0.15) is 0 Å². The normalized spacial score (nSPS) is 23.0. The van der Waals surface area contributed by atoms with Crippen LogP contribution < -0.4 is 0 Å². The minimum atomic E-state index is -0.0851. The van der Waals surface area contributed by atoms with Crippen LogP contribution in [-0.2, 0) is 9.47 Å². The molecule has 0 radical (unpaired) electrons. The number of halogens is 1. The molecule has 2 rings (SSSR count). The lowest BCUT2D eigenvalue weighted by atomic mass is 9.75. The van der Waals surface area contributed by atoms with Crippen LogP contribution >= 0.6 is 23.4 Å². The van der Waals surface area contributed by atoms with Gasteiger partial charge in [-0.15, -0.1) is 18.3 Å². The van der Waals surface area contributed by atoms with Crippen LogP contribution in [0, 0.1) is 5.41 Å². The summed E-state index contributed by atoms with van der Waals surface area (Å²) in [5.41, 5.74) is 1.06. The summed E-state index contributed by atoms with van der Waals surface area (Å²) in [5.74, 6) is 0. The SMILES string of the molecule is C=C(C)C[C@@H](OC)C(C)(C)[C@@H]1OCCC[C@H]1Sc1ccc(Cl)cc1. The van der Waals surface area contributed by atoms with Crippen LogP contribution in [0.5, 0.6) is 0 Å². The van der Waals surface area contributed by atoms with Crippen LogP contribution in [0.15, 0.2) is 41.3 Å². The molecule has 0 saturated carbocycles. The lowest BCUT2D eigenvalue weighted by molar-refractivity contribution is -0.111. The third-order valence-electron chi connectivity index (χ3n) is 4.75. The molecule has 0 amide bonds. The lowest BCUT2D eigenvalue weighted by Crippen LogP contribution is -2.50. The Kier molecular flexibility index (Phi) is 7.23. The fourth-order valence-electron chi connectivity index (χ4n) is 3.41. The highest BCUT2D eigenvalue weighted by atomic mass is 35.5. The number of methoxy groups -OCH3 is 1. The molecule has 1 aromatic carbocycles. The van der Waals surface area contributed by atoms with E-state index in [2.05, 4.69) is 39.5 Å². The Morgan fingerprint density at radius 2 is 2.08 bits per heavy atom. The van der Waals surface area contributed by atoms with Gasteiger partial charge in [-0.25, -0.2) is 0 Å². The van der Waals surface area contributed by atoms with E-state index in [4.69, 9.17) is 21.1 Å². The largest absolute Gasteiger partial charge is 0.380 e. The monoisotopic (exact) mass is 368 g/mol. The smallest absolute Gasteiger partial charge is 0.0772 e. The second-order valence-corrected chi connectivity index (χ2v) is 9.00. The number of hydrogen-bond acceptors (Lipinski definition) is 3. The van der Waals surface area contributed by atoms with Crippen molar-refractivity contribution in [3.05, 3.63) is 41.4 Å². The molecule has 0 aromatic heterocycles. The quantitative estimate of drug-likeness (QED) is 0.551.